The van der Waals surface area contributed by atoms with Gasteiger partial charge in [0.05, 0.1) is 0 Å². The van der Waals surface area contributed by atoms with E-state index in [2.05, 4.69) is 38.0 Å². The van der Waals surface area contributed by atoms with Gasteiger partial charge in [0.25, 0.3) is 0 Å². The van der Waals surface area contributed by atoms with Gasteiger partial charge in [-0.1, -0.05) is 38.0 Å². The van der Waals surface area contributed by atoms with Crippen molar-refractivity contribution in [2.45, 2.75) is 32.6 Å². The molecular weight excluding hydrogens is 168 g/mol. The molecule has 71 valence electrons. The summed E-state index contributed by atoms with van der Waals surface area (Å²) in [5.74, 6) is 4.89. The molecule has 0 nitrogen and oxygen atoms in total. The van der Waals surface area contributed by atoms with Crippen molar-refractivity contribution in [3.8, 4) is 12.3 Å². The van der Waals surface area contributed by atoms with Gasteiger partial charge in [0, 0.05) is 11.5 Å². The van der Waals surface area contributed by atoms with Crippen molar-refractivity contribution in [2.75, 3.05) is 0 Å². The molecule has 1 aliphatic carbocycles. The Morgan fingerprint density at radius 1 is 1.36 bits per heavy atom. The number of terminal acetylenes is 1. The summed E-state index contributed by atoms with van der Waals surface area (Å²) in [7, 11) is 0. The molecule has 0 saturated heterocycles. The molecule has 0 unspecified atom stereocenters. The van der Waals surface area contributed by atoms with Gasteiger partial charge in [-0.15, -0.1) is 6.42 Å². The van der Waals surface area contributed by atoms with Gasteiger partial charge in [-0.05, 0) is 29.9 Å². The standard InChI is InChI=1S/C14H15/c1-4-12-13(10(2)3)6-5-7-14(12)11-8-9-11/h1,5-7,11H,8-9H2,2-3H3. The molecule has 0 atom stereocenters. The molecule has 0 amide bonds. The molecule has 0 spiro atoms. The van der Waals surface area contributed by atoms with Crippen LogP contribution in [0.15, 0.2) is 18.2 Å². The highest BCUT2D eigenvalue weighted by Crippen LogP contribution is 2.42. The van der Waals surface area contributed by atoms with Crippen molar-refractivity contribution in [3.05, 3.63) is 40.8 Å². The predicted molar refractivity (Wildman–Crippen MR) is 60.0 cm³/mol. The lowest BCUT2D eigenvalue weighted by molar-refractivity contribution is 1.08. The SMILES string of the molecule is C#Cc1c([C](C)C)cccc1C1CC1. The molecule has 14 heavy (non-hydrogen) atoms. The number of hydrogen-bond donors (Lipinski definition) is 0. The molecule has 0 heteroatoms. The van der Waals surface area contributed by atoms with Crippen molar-refractivity contribution in [3.63, 3.8) is 0 Å². The Kier molecular flexibility index (Phi) is 2.33. The monoisotopic (exact) mass is 183 g/mol. The Bertz CT molecular complexity index is 355. The molecule has 1 fully saturated rings. The quantitative estimate of drug-likeness (QED) is 0.615. The highest BCUT2D eigenvalue weighted by molar-refractivity contribution is 5.53. The average Bonchev–Trinajstić information content (AvgIpc) is 2.99. The first-order valence-electron chi connectivity index (χ1n) is 5.14. The van der Waals surface area contributed by atoms with E-state index in [4.69, 9.17) is 6.42 Å². The van der Waals surface area contributed by atoms with E-state index in [1.165, 1.54) is 29.9 Å². The molecular formula is C14H15. The number of rotatable bonds is 2. The Balaban J connectivity index is 2.51. The fourth-order valence-electron chi connectivity index (χ4n) is 1.88. The van der Waals surface area contributed by atoms with Crippen molar-refractivity contribution in [1.29, 1.82) is 0 Å². The first-order chi connectivity index (χ1) is 6.74. The molecule has 0 N–H and O–H groups in total. The van der Waals surface area contributed by atoms with Gasteiger partial charge < -0.3 is 0 Å². The van der Waals surface area contributed by atoms with Crippen LogP contribution in [-0.4, -0.2) is 0 Å². The van der Waals surface area contributed by atoms with Crippen LogP contribution in [0, 0.1) is 18.3 Å². The fraction of sp³-hybridized carbons (Fsp3) is 0.357. The maximum Gasteiger partial charge on any atom is 0.0315 e. The first kappa shape index (κ1) is 9.34. The largest absolute Gasteiger partial charge is 0.115 e. The van der Waals surface area contributed by atoms with Crippen LogP contribution < -0.4 is 0 Å². The summed E-state index contributed by atoms with van der Waals surface area (Å²) < 4.78 is 0. The second-order valence-electron chi connectivity index (χ2n) is 4.19. The maximum absolute atomic E-state index is 5.59. The van der Waals surface area contributed by atoms with Gasteiger partial charge in [-0.3, -0.25) is 0 Å². The van der Waals surface area contributed by atoms with Gasteiger partial charge >= 0.3 is 0 Å². The average molecular weight is 183 g/mol. The topological polar surface area (TPSA) is 0 Å². The fourth-order valence-corrected chi connectivity index (χ4v) is 1.88. The van der Waals surface area contributed by atoms with Gasteiger partial charge in [-0.2, -0.15) is 0 Å². The van der Waals surface area contributed by atoms with Crippen LogP contribution >= 0.6 is 0 Å². The van der Waals surface area contributed by atoms with Crippen molar-refractivity contribution < 1.29 is 0 Å². The molecule has 0 aliphatic heterocycles. The predicted octanol–water partition coefficient (Wildman–Crippen LogP) is 3.51. The van der Waals surface area contributed by atoms with E-state index in [-0.39, 0.29) is 0 Å². The van der Waals surface area contributed by atoms with Crippen molar-refractivity contribution >= 4 is 0 Å². The van der Waals surface area contributed by atoms with Crippen molar-refractivity contribution in [1.82, 2.24) is 0 Å². The molecule has 1 aromatic carbocycles. The zero-order valence-corrected chi connectivity index (χ0v) is 8.80. The zero-order valence-electron chi connectivity index (χ0n) is 8.80. The molecule has 1 aliphatic rings. The van der Waals surface area contributed by atoms with Crippen molar-refractivity contribution in [2.24, 2.45) is 0 Å². The molecule has 0 bridgehead atoms. The second-order valence-corrected chi connectivity index (χ2v) is 4.19. The minimum Gasteiger partial charge on any atom is -0.115 e. The molecule has 0 aromatic heterocycles. The number of hydrogen-bond acceptors (Lipinski definition) is 0. The highest BCUT2D eigenvalue weighted by atomic mass is 14.3. The summed E-state index contributed by atoms with van der Waals surface area (Å²) in [5, 5.41) is 0. The highest BCUT2D eigenvalue weighted by Gasteiger charge is 2.26. The zero-order chi connectivity index (χ0) is 10.1. The lowest BCUT2D eigenvalue weighted by atomic mass is 9.92. The van der Waals surface area contributed by atoms with Crippen LogP contribution in [-0.2, 0) is 0 Å². The van der Waals surface area contributed by atoms with E-state index in [1.54, 1.807) is 0 Å². The molecule has 1 aromatic rings. The lowest BCUT2D eigenvalue weighted by Gasteiger charge is -2.11. The second kappa shape index (κ2) is 3.50. The van der Waals surface area contributed by atoms with E-state index in [0.717, 1.165) is 11.5 Å². The van der Waals surface area contributed by atoms with Gasteiger partial charge in [-0.25, -0.2) is 0 Å². The van der Waals surface area contributed by atoms with E-state index in [1.807, 2.05) is 0 Å². The van der Waals surface area contributed by atoms with E-state index in [0.29, 0.717) is 0 Å². The Morgan fingerprint density at radius 3 is 2.57 bits per heavy atom. The maximum atomic E-state index is 5.59. The Hall–Kier alpha value is -1.22. The molecule has 1 saturated carbocycles. The summed E-state index contributed by atoms with van der Waals surface area (Å²) in [6.07, 6.45) is 8.20. The molecule has 1 radical (unpaired) electrons. The third-order valence-electron chi connectivity index (χ3n) is 2.80. The van der Waals surface area contributed by atoms with Crippen LogP contribution in [0.25, 0.3) is 0 Å². The molecule has 0 heterocycles. The van der Waals surface area contributed by atoms with Crippen LogP contribution in [0.1, 0.15) is 49.3 Å². The minimum atomic E-state index is 0.736. The van der Waals surface area contributed by atoms with E-state index < -0.39 is 0 Å². The molecule has 2 rings (SSSR count). The first-order valence-corrected chi connectivity index (χ1v) is 5.14. The van der Waals surface area contributed by atoms with Crippen LogP contribution in [0.5, 0.6) is 0 Å². The summed E-state index contributed by atoms with van der Waals surface area (Å²) in [6, 6.07) is 6.42. The third kappa shape index (κ3) is 1.55. The van der Waals surface area contributed by atoms with E-state index in [9.17, 15) is 0 Å². The summed E-state index contributed by atoms with van der Waals surface area (Å²) in [4.78, 5) is 0. The number of benzene rings is 1. The normalized spacial score (nSPS) is 15.6. The van der Waals surface area contributed by atoms with Crippen LogP contribution in [0.4, 0.5) is 0 Å². The summed E-state index contributed by atoms with van der Waals surface area (Å²) in [6.45, 7) is 4.24. The smallest absolute Gasteiger partial charge is 0.0315 e. The van der Waals surface area contributed by atoms with Gasteiger partial charge in [0.15, 0.2) is 0 Å². The Morgan fingerprint density at radius 2 is 2.07 bits per heavy atom. The summed E-state index contributed by atoms with van der Waals surface area (Å²) in [5.41, 5.74) is 3.75. The third-order valence-corrected chi connectivity index (χ3v) is 2.80. The van der Waals surface area contributed by atoms with Gasteiger partial charge in [0.2, 0.25) is 0 Å². The summed E-state index contributed by atoms with van der Waals surface area (Å²) >= 11 is 0. The minimum absolute atomic E-state index is 0.736. The van der Waals surface area contributed by atoms with Crippen LogP contribution in [0.3, 0.4) is 0 Å². The Labute approximate surface area is 86.3 Å². The lowest BCUT2D eigenvalue weighted by Crippen LogP contribution is -1.97. The van der Waals surface area contributed by atoms with Gasteiger partial charge in [0.1, 0.15) is 0 Å². The van der Waals surface area contributed by atoms with E-state index >= 15 is 0 Å². The van der Waals surface area contributed by atoms with Crippen LogP contribution in [0.2, 0.25) is 0 Å².